The van der Waals surface area contributed by atoms with Gasteiger partial charge in [-0.25, -0.2) is 8.42 Å². The Kier molecular flexibility index (Phi) is 5.37. The second-order valence-electron chi connectivity index (χ2n) is 6.54. The minimum atomic E-state index is -3.42. The number of amides is 2. The maximum atomic E-state index is 13.0. The van der Waals surface area contributed by atoms with Crippen molar-refractivity contribution in [2.75, 3.05) is 31.3 Å². The number of aryl methyl sites for hydroxylation is 1. The van der Waals surface area contributed by atoms with Gasteiger partial charge in [0, 0.05) is 6.54 Å². The number of morpholine rings is 1. The number of hydrogen-bond acceptors (Lipinski definition) is 6. The standard InChI is InChI=1S/C17H20N2O5S2/c1-3-12-7-24-5-4-19(12)17(21)13-9-26(22,23)10-14(13)18-16(20)15-6-11(2)8-25-15/h1,6,8,12-14H,4-5,7,9-10H2,2H3,(H,18,20)/t12?,13-,14-/m1/s1. The fourth-order valence-corrected chi connectivity index (χ4v) is 5.96. The molecule has 3 heterocycles. The number of rotatable bonds is 3. The van der Waals surface area contributed by atoms with Crippen molar-refractivity contribution in [3.05, 3.63) is 21.9 Å². The number of carbonyl (C=O) groups excluding carboxylic acids is 2. The largest absolute Gasteiger partial charge is 0.376 e. The molecule has 0 spiro atoms. The van der Waals surface area contributed by atoms with Gasteiger partial charge >= 0.3 is 0 Å². The SMILES string of the molecule is C#CC1COCCN1C(=O)[C@@H]1CS(=O)(=O)C[C@H]1NC(=O)c1cc(C)cs1. The summed E-state index contributed by atoms with van der Waals surface area (Å²) in [7, 11) is -3.42. The van der Waals surface area contributed by atoms with Gasteiger partial charge in [0.15, 0.2) is 9.84 Å². The molecule has 0 aliphatic carbocycles. The molecular formula is C17H20N2O5S2. The number of sulfone groups is 1. The Bertz CT molecular complexity index is 855. The molecule has 1 N–H and O–H groups in total. The summed E-state index contributed by atoms with van der Waals surface area (Å²) < 4.78 is 29.5. The number of nitrogens with zero attached hydrogens (tertiary/aromatic N) is 1. The minimum Gasteiger partial charge on any atom is -0.376 e. The number of ether oxygens (including phenoxy) is 1. The Morgan fingerprint density at radius 2 is 2.19 bits per heavy atom. The van der Waals surface area contributed by atoms with Crippen LogP contribution in [0.3, 0.4) is 0 Å². The minimum absolute atomic E-state index is 0.229. The van der Waals surface area contributed by atoms with Crippen LogP contribution in [0.1, 0.15) is 15.2 Å². The highest BCUT2D eigenvalue weighted by molar-refractivity contribution is 7.91. The van der Waals surface area contributed by atoms with Gasteiger partial charge < -0.3 is 15.0 Å². The first kappa shape index (κ1) is 18.9. The van der Waals surface area contributed by atoms with Gasteiger partial charge in [-0.2, -0.15) is 0 Å². The van der Waals surface area contributed by atoms with Crippen molar-refractivity contribution in [1.29, 1.82) is 0 Å². The highest BCUT2D eigenvalue weighted by atomic mass is 32.2. The van der Waals surface area contributed by atoms with E-state index in [2.05, 4.69) is 11.2 Å². The average Bonchev–Trinajstić information content (AvgIpc) is 3.17. The smallest absolute Gasteiger partial charge is 0.261 e. The molecule has 1 unspecified atom stereocenters. The zero-order valence-corrected chi connectivity index (χ0v) is 15.9. The lowest BCUT2D eigenvalue weighted by Gasteiger charge is -2.35. The van der Waals surface area contributed by atoms with Crippen molar-refractivity contribution in [2.24, 2.45) is 5.92 Å². The highest BCUT2D eigenvalue weighted by Crippen LogP contribution is 2.24. The summed E-state index contributed by atoms with van der Waals surface area (Å²) in [5.74, 6) is 0.441. The molecule has 1 aromatic heterocycles. The van der Waals surface area contributed by atoms with Crippen LogP contribution in [0.5, 0.6) is 0 Å². The van der Waals surface area contributed by atoms with Crippen molar-refractivity contribution in [3.63, 3.8) is 0 Å². The molecule has 9 heteroatoms. The summed E-state index contributed by atoms with van der Waals surface area (Å²) >= 11 is 1.28. The second-order valence-corrected chi connectivity index (χ2v) is 9.61. The van der Waals surface area contributed by atoms with Gasteiger partial charge in [0.1, 0.15) is 6.04 Å². The first-order valence-corrected chi connectivity index (χ1v) is 10.9. The van der Waals surface area contributed by atoms with Gasteiger partial charge in [0.2, 0.25) is 5.91 Å². The van der Waals surface area contributed by atoms with E-state index in [1.807, 2.05) is 12.3 Å². The molecule has 26 heavy (non-hydrogen) atoms. The van der Waals surface area contributed by atoms with Crippen molar-refractivity contribution < 1.29 is 22.7 Å². The van der Waals surface area contributed by atoms with E-state index in [0.29, 0.717) is 18.0 Å². The maximum Gasteiger partial charge on any atom is 0.261 e. The van der Waals surface area contributed by atoms with Crippen LogP contribution in [0, 0.1) is 25.2 Å². The molecule has 7 nitrogen and oxygen atoms in total. The van der Waals surface area contributed by atoms with E-state index >= 15 is 0 Å². The van der Waals surface area contributed by atoms with Crippen molar-refractivity contribution >= 4 is 33.0 Å². The predicted molar refractivity (Wildman–Crippen MR) is 97.6 cm³/mol. The van der Waals surface area contributed by atoms with Crippen molar-refractivity contribution in [1.82, 2.24) is 10.2 Å². The highest BCUT2D eigenvalue weighted by Gasteiger charge is 2.45. The predicted octanol–water partition coefficient (Wildman–Crippen LogP) is 0.0601. The van der Waals surface area contributed by atoms with Gasteiger partial charge in [-0.1, -0.05) is 5.92 Å². The van der Waals surface area contributed by atoms with E-state index in [4.69, 9.17) is 11.2 Å². The van der Waals surface area contributed by atoms with Crippen LogP contribution < -0.4 is 5.32 Å². The Hall–Kier alpha value is -1.89. The van der Waals surface area contributed by atoms with Gasteiger partial charge in [-0.3, -0.25) is 9.59 Å². The molecule has 2 amide bonds. The average molecular weight is 396 g/mol. The van der Waals surface area contributed by atoms with Gasteiger partial charge in [0.25, 0.3) is 5.91 Å². The molecule has 1 aromatic rings. The molecule has 3 atom stereocenters. The van der Waals surface area contributed by atoms with E-state index in [1.54, 1.807) is 6.07 Å². The quantitative estimate of drug-likeness (QED) is 0.730. The summed E-state index contributed by atoms with van der Waals surface area (Å²) in [6.07, 6.45) is 5.47. The van der Waals surface area contributed by atoms with Gasteiger partial charge in [-0.15, -0.1) is 17.8 Å². The van der Waals surface area contributed by atoms with E-state index < -0.39 is 27.8 Å². The number of carbonyl (C=O) groups is 2. The lowest BCUT2D eigenvalue weighted by Crippen LogP contribution is -2.54. The summed E-state index contributed by atoms with van der Waals surface area (Å²) in [6, 6.07) is 0.455. The summed E-state index contributed by atoms with van der Waals surface area (Å²) in [6.45, 7) is 2.77. The first-order valence-electron chi connectivity index (χ1n) is 8.21. The van der Waals surface area contributed by atoms with Crippen LogP contribution in [-0.2, 0) is 19.4 Å². The number of nitrogens with one attached hydrogen (secondary N) is 1. The lowest BCUT2D eigenvalue weighted by atomic mass is 10.0. The molecule has 2 fully saturated rings. The number of hydrogen-bond donors (Lipinski definition) is 1. The van der Waals surface area contributed by atoms with Gasteiger partial charge in [-0.05, 0) is 23.9 Å². The molecule has 2 aliphatic heterocycles. The van der Waals surface area contributed by atoms with E-state index in [9.17, 15) is 18.0 Å². The molecule has 0 radical (unpaired) electrons. The third-order valence-electron chi connectivity index (χ3n) is 4.54. The Morgan fingerprint density at radius 3 is 2.85 bits per heavy atom. The third kappa shape index (κ3) is 3.92. The Balaban J connectivity index is 1.78. The van der Waals surface area contributed by atoms with E-state index in [1.165, 1.54) is 16.2 Å². The summed E-state index contributed by atoms with van der Waals surface area (Å²) in [4.78, 5) is 27.3. The molecule has 0 saturated carbocycles. The zero-order valence-electron chi connectivity index (χ0n) is 14.3. The Morgan fingerprint density at radius 1 is 1.42 bits per heavy atom. The van der Waals surface area contributed by atoms with E-state index in [-0.39, 0.29) is 29.9 Å². The molecule has 0 bridgehead atoms. The molecule has 0 aromatic carbocycles. The van der Waals surface area contributed by atoms with Crippen molar-refractivity contribution in [2.45, 2.75) is 19.0 Å². The summed E-state index contributed by atoms with van der Waals surface area (Å²) in [5, 5.41) is 4.57. The van der Waals surface area contributed by atoms with Gasteiger partial charge in [0.05, 0.1) is 41.6 Å². The van der Waals surface area contributed by atoms with Crippen LogP contribution in [-0.4, -0.2) is 68.5 Å². The van der Waals surface area contributed by atoms with Crippen LogP contribution in [0.25, 0.3) is 0 Å². The molecule has 2 saturated heterocycles. The number of terminal acetylenes is 1. The third-order valence-corrected chi connectivity index (χ3v) is 7.33. The van der Waals surface area contributed by atoms with Crippen molar-refractivity contribution in [3.8, 4) is 12.3 Å². The molecule has 140 valence electrons. The second kappa shape index (κ2) is 7.39. The monoisotopic (exact) mass is 396 g/mol. The first-order chi connectivity index (χ1) is 12.3. The Labute approximate surface area is 156 Å². The lowest BCUT2D eigenvalue weighted by molar-refractivity contribution is -0.141. The van der Waals surface area contributed by atoms with Crippen LogP contribution in [0.4, 0.5) is 0 Å². The van der Waals surface area contributed by atoms with E-state index in [0.717, 1.165) is 5.56 Å². The zero-order chi connectivity index (χ0) is 18.9. The fraction of sp³-hybridized carbons (Fsp3) is 0.529. The van der Waals surface area contributed by atoms with Crippen LogP contribution in [0.15, 0.2) is 11.4 Å². The van der Waals surface area contributed by atoms with Crippen LogP contribution >= 0.6 is 11.3 Å². The molecular weight excluding hydrogens is 376 g/mol. The molecule has 2 aliphatic rings. The summed E-state index contributed by atoms with van der Waals surface area (Å²) in [5.41, 5.74) is 0.956. The molecule has 3 rings (SSSR count). The van der Waals surface area contributed by atoms with Crippen LogP contribution in [0.2, 0.25) is 0 Å². The normalized spacial score (nSPS) is 27.7. The fourth-order valence-electron chi connectivity index (χ4n) is 3.24. The topological polar surface area (TPSA) is 92.8 Å². The number of thiophene rings is 1. The maximum absolute atomic E-state index is 13.0.